The summed E-state index contributed by atoms with van der Waals surface area (Å²) < 4.78 is 37.3. The van der Waals surface area contributed by atoms with E-state index < -0.39 is 11.6 Å². The molecule has 0 bridgehead atoms. The van der Waals surface area contributed by atoms with E-state index in [-0.39, 0.29) is 5.75 Å². The van der Waals surface area contributed by atoms with Gasteiger partial charge in [0, 0.05) is 12.1 Å². The molecule has 0 aliphatic carbocycles. The fourth-order valence-corrected chi connectivity index (χ4v) is 1.60. The zero-order valence-corrected chi connectivity index (χ0v) is 11.0. The highest BCUT2D eigenvalue weighted by Crippen LogP contribution is 2.31. The molecule has 0 aliphatic rings. The first-order chi connectivity index (χ1) is 9.60. The summed E-state index contributed by atoms with van der Waals surface area (Å²) in [7, 11) is 0. The Balaban J connectivity index is 2.22. The summed E-state index contributed by atoms with van der Waals surface area (Å²) >= 11 is 0. The second-order valence-corrected chi connectivity index (χ2v) is 4.22. The lowest BCUT2D eigenvalue weighted by atomic mass is 10.2. The van der Waals surface area contributed by atoms with E-state index in [4.69, 9.17) is 15.2 Å². The number of ether oxygens (including phenoxy) is 2. The average molecular weight is 279 g/mol. The van der Waals surface area contributed by atoms with Crippen LogP contribution in [0.5, 0.6) is 17.2 Å². The largest absolute Gasteiger partial charge is 0.491 e. The molecular weight excluding hydrogens is 264 g/mol. The fourth-order valence-electron chi connectivity index (χ4n) is 1.60. The van der Waals surface area contributed by atoms with Crippen molar-refractivity contribution in [3.63, 3.8) is 0 Å². The molecular formula is C15H15F2NO2. The van der Waals surface area contributed by atoms with Crippen molar-refractivity contribution in [1.29, 1.82) is 0 Å². The molecule has 0 heterocycles. The number of rotatable bonds is 5. The van der Waals surface area contributed by atoms with E-state index >= 15 is 0 Å². The monoisotopic (exact) mass is 279 g/mol. The van der Waals surface area contributed by atoms with Gasteiger partial charge < -0.3 is 15.2 Å². The van der Waals surface area contributed by atoms with Crippen molar-refractivity contribution < 1.29 is 18.3 Å². The minimum absolute atomic E-state index is 0.184. The molecule has 0 radical (unpaired) electrons. The van der Waals surface area contributed by atoms with Crippen LogP contribution >= 0.6 is 0 Å². The molecule has 0 fully saturated rings. The summed E-state index contributed by atoms with van der Waals surface area (Å²) in [4.78, 5) is 0. The van der Waals surface area contributed by atoms with Crippen LogP contribution in [0.3, 0.4) is 0 Å². The number of hydrogen-bond acceptors (Lipinski definition) is 3. The Bertz CT molecular complexity index is 602. The topological polar surface area (TPSA) is 44.5 Å². The van der Waals surface area contributed by atoms with Gasteiger partial charge in [-0.3, -0.25) is 0 Å². The molecule has 3 nitrogen and oxygen atoms in total. The minimum Gasteiger partial charge on any atom is -0.491 e. The van der Waals surface area contributed by atoms with Crippen LogP contribution in [0.4, 0.5) is 14.5 Å². The van der Waals surface area contributed by atoms with Crippen molar-refractivity contribution in [3.8, 4) is 17.2 Å². The molecule has 2 N–H and O–H groups in total. The summed E-state index contributed by atoms with van der Waals surface area (Å²) in [6, 6.07) is 7.74. The van der Waals surface area contributed by atoms with Gasteiger partial charge in [-0.25, -0.2) is 8.78 Å². The number of anilines is 1. The van der Waals surface area contributed by atoms with Crippen molar-refractivity contribution in [1.82, 2.24) is 0 Å². The SMILES string of the molecule is CCCOc1cc(Oc2cc(F)ccc2F)ccc1N. The lowest BCUT2D eigenvalue weighted by molar-refractivity contribution is 0.317. The number of halogens is 2. The Labute approximate surface area is 115 Å². The summed E-state index contributed by atoms with van der Waals surface area (Å²) in [5.41, 5.74) is 6.23. The molecule has 0 aliphatic heterocycles. The summed E-state index contributed by atoms with van der Waals surface area (Å²) in [6.45, 7) is 2.49. The maximum absolute atomic E-state index is 13.5. The van der Waals surface area contributed by atoms with Crippen LogP contribution in [-0.4, -0.2) is 6.61 Å². The van der Waals surface area contributed by atoms with Crippen molar-refractivity contribution >= 4 is 5.69 Å². The van der Waals surface area contributed by atoms with Crippen molar-refractivity contribution in [2.24, 2.45) is 0 Å². The van der Waals surface area contributed by atoms with E-state index in [1.165, 1.54) is 0 Å². The number of nitrogen functional groups attached to an aromatic ring is 1. The molecule has 0 atom stereocenters. The molecule has 20 heavy (non-hydrogen) atoms. The van der Waals surface area contributed by atoms with Gasteiger partial charge in [0.05, 0.1) is 12.3 Å². The lowest BCUT2D eigenvalue weighted by Gasteiger charge is -2.11. The highest BCUT2D eigenvalue weighted by Gasteiger charge is 2.08. The second kappa shape index (κ2) is 6.23. The van der Waals surface area contributed by atoms with E-state index in [0.29, 0.717) is 23.8 Å². The Kier molecular flexibility index (Phi) is 4.40. The molecule has 2 rings (SSSR count). The van der Waals surface area contributed by atoms with Crippen LogP contribution in [0.25, 0.3) is 0 Å². The predicted octanol–water partition coefficient (Wildman–Crippen LogP) is 4.13. The van der Waals surface area contributed by atoms with E-state index in [9.17, 15) is 8.78 Å². The van der Waals surface area contributed by atoms with Gasteiger partial charge in [0.2, 0.25) is 0 Å². The molecule has 2 aromatic carbocycles. The smallest absolute Gasteiger partial charge is 0.165 e. The summed E-state index contributed by atoms with van der Waals surface area (Å²) in [5, 5.41) is 0. The molecule has 106 valence electrons. The van der Waals surface area contributed by atoms with E-state index in [2.05, 4.69) is 0 Å². The van der Waals surface area contributed by atoms with Gasteiger partial charge in [0.15, 0.2) is 11.6 Å². The third-order valence-corrected chi connectivity index (χ3v) is 2.57. The Hall–Kier alpha value is -2.30. The van der Waals surface area contributed by atoms with Gasteiger partial charge in [0.1, 0.15) is 17.3 Å². The third kappa shape index (κ3) is 3.38. The molecule has 0 unspecified atom stereocenters. The maximum atomic E-state index is 13.5. The van der Waals surface area contributed by atoms with Gasteiger partial charge >= 0.3 is 0 Å². The molecule has 0 spiro atoms. The van der Waals surface area contributed by atoms with Gasteiger partial charge in [-0.1, -0.05) is 6.92 Å². The minimum atomic E-state index is -0.640. The van der Waals surface area contributed by atoms with Crippen LogP contribution in [0.2, 0.25) is 0 Å². The van der Waals surface area contributed by atoms with Gasteiger partial charge in [-0.2, -0.15) is 0 Å². The van der Waals surface area contributed by atoms with Gasteiger partial charge in [0.25, 0.3) is 0 Å². The summed E-state index contributed by atoms with van der Waals surface area (Å²) in [6.07, 6.45) is 0.836. The first-order valence-corrected chi connectivity index (χ1v) is 6.25. The zero-order chi connectivity index (χ0) is 14.5. The van der Waals surface area contributed by atoms with Crippen LogP contribution < -0.4 is 15.2 Å². The molecule has 2 aromatic rings. The Morgan fingerprint density at radius 1 is 1.05 bits per heavy atom. The van der Waals surface area contributed by atoms with Crippen LogP contribution in [-0.2, 0) is 0 Å². The quantitative estimate of drug-likeness (QED) is 0.837. The van der Waals surface area contributed by atoms with Crippen LogP contribution in [0, 0.1) is 11.6 Å². The molecule has 0 amide bonds. The molecule has 5 heteroatoms. The molecule has 0 saturated carbocycles. The number of nitrogens with two attached hydrogens (primary N) is 1. The van der Waals surface area contributed by atoms with Crippen molar-refractivity contribution in [3.05, 3.63) is 48.0 Å². The van der Waals surface area contributed by atoms with E-state index in [1.54, 1.807) is 18.2 Å². The van der Waals surface area contributed by atoms with Crippen molar-refractivity contribution in [2.45, 2.75) is 13.3 Å². The fraction of sp³-hybridized carbons (Fsp3) is 0.200. The Morgan fingerprint density at radius 3 is 2.60 bits per heavy atom. The zero-order valence-electron chi connectivity index (χ0n) is 11.0. The van der Waals surface area contributed by atoms with E-state index in [0.717, 1.165) is 24.6 Å². The van der Waals surface area contributed by atoms with Crippen LogP contribution in [0.1, 0.15) is 13.3 Å². The Morgan fingerprint density at radius 2 is 1.85 bits per heavy atom. The lowest BCUT2D eigenvalue weighted by Crippen LogP contribution is -1.99. The van der Waals surface area contributed by atoms with Crippen LogP contribution in [0.15, 0.2) is 36.4 Å². The second-order valence-electron chi connectivity index (χ2n) is 4.22. The normalized spacial score (nSPS) is 10.3. The van der Waals surface area contributed by atoms with E-state index in [1.807, 2.05) is 6.92 Å². The number of benzene rings is 2. The summed E-state index contributed by atoms with van der Waals surface area (Å²) in [5.74, 6) is -0.606. The molecule has 0 aromatic heterocycles. The van der Waals surface area contributed by atoms with Crippen molar-refractivity contribution in [2.75, 3.05) is 12.3 Å². The highest BCUT2D eigenvalue weighted by molar-refractivity contribution is 5.56. The van der Waals surface area contributed by atoms with Gasteiger partial charge in [-0.15, -0.1) is 0 Å². The number of hydrogen-bond donors (Lipinski definition) is 1. The standard InChI is InChI=1S/C15H15F2NO2/c1-2-7-19-15-9-11(4-6-13(15)18)20-14-8-10(16)3-5-12(14)17/h3-6,8-9H,2,7,18H2,1H3. The van der Waals surface area contributed by atoms with Gasteiger partial charge in [-0.05, 0) is 30.7 Å². The highest BCUT2D eigenvalue weighted by atomic mass is 19.1. The maximum Gasteiger partial charge on any atom is 0.165 e. The average Bonchev–Trinajstić information content (AvgIpc) is 2.43. The first-order valence-electron chi connectivity index (χ1n) is 6.25. The third-order valence-electron chi connectivity index (χ3n) is 2.57. The molecule has 0 saturated heterocycles. The first kappa shape index (κ1) is 14.1. The predicted molar refractivity (Wildman–Crippen MR) is 73.1 cm³/mol.